The van der Waals surface area contributed by atoms with Gasteiger partial charge in [-0.1, -0.05) is 30.7 Å². The fraction of sp³-hybridized carbons (Fsp3) is 0.368. The van der Waals surface area contributed by atoms with Gasteiger partial charge in [-0.05, 0) is 43.5 Å². The number of likely N-dealkylation sites (N-methyl/N-ethyl adjacent to an activating group) is 1. The zero-order valence-electron chi connectivity index (χ0n) is 15.9. The average Bonchev–Trinajstić information content (AvgIpc) is 3.03. The smallest absolute Gasteiger partial charge is 0.275 e. The van der Waals surface area contributed by atoms with Gasteiger partial charge >= 0.3 is 0 Å². The molecule has 1 aromatic carbocycles. The van der Waals surface area contributed by atoms with E-state index in [4.69, 9.17) is 0 Å². The van der Waals surface area contributed by atoms with Crippen molar-refractivity contribution in [2.24, 2.45) is 0 Å². The molecular weight excluding hydrogens is 362 g/mol. The monoisotopic (exact) mass is 385 g/mol. The molecule has 0 spiro atoms. The molecule has 0 aliphatic rings. The lowest BCUT2D eigenvalue weighted by Gasteiger charge is -2.15. The first kappa shape index (κ1) is 19.0. The highest BCUT2D eigenvalue weighted by Gasteiger charge is 2.15. The minimum Gasteiger partial charge on any atom is -0.340 e. The van der Waals surface area contributed by atoms with Crippen molar-refractivity contribution in [3.05, 3.63) is 51.4 Å². The molecule has 2 aromatic heterocycles. The van der Waals surface area contributed by atoms with Crippen molar-refractivity contribution in [3.63, 3.8) is 0 Å². The molecule has 0 aliphatic heterocycles. The third-order valence-electron chi connectivity index (χ3n) is 4.29. The van der Waals surface area contributed by atoms with Gasteiger partial charge in [0.1, 0.15) is 0 Å². The third kappa shape index (κ3) is 4.33. The van der Waals surface area contributed by atoms with Gasteiger partial charge in [0, 0.05) is 24.5 Å². The van der Waals surface area contributed by atoms with Crippen LogP contribution in [0.15, 0.2) is 29.1 Å². The van der Waals surface area contributed by atoms with Crippen LogP contribution in [0.1, 0.15) is 30.2 Å². The summed E-state index contributed by atoms with van der Waals surface area (Å²) in [5.41, 5.74) is 3.65. The fourth-order valence-electron chi connectivity index (χ4n) is 2.69. The lowest BCUT2D eigenvalue weighted by atomic mass is 10.1. The highest BCUT2D eigenvalue weighted by atomic mass is 32.1. The van der Waals surface area contributed by atoms with E-state index in [1.807, 2.05) is 39.0 Å². The van der Waals surface area contributed by atoms with Gasteiger partial charge in [0.2, 0.25) is 16.0 Å². The van der Waals surface area contributed by atoms with E-state index in [9.17, 15) is 9.59 Å². The van der Waals surface area contributed by atoms with Gasteiger partial charge in [-0.3, -0.25) is 9.59 Å². The van der Waals surface area contributed by atoms with E-state index in [0.29, 0.717) is 10.1 Å². The predicted octanol–water partition coefficient (Wildman–Crippen LogP) is 2.80. The summed E-state index contributed by atoms with van der Waals surface area (Å²) in [6.07, 6.45) is 1.68. The number of hydrogen-bond donors (Lipinski definition) is 1. The van der Waals surface area contributed by atoms with Gasteiger partial charge in [-0.2, -0.15) is 4.52 Å². The Labute approximate surface area is 161 Å². The van der Waals surface area contributed by atoms with Crippen LogP contribution in [-0.2, 0) is 11.2 Å². The number of benzene rings is 1. The minimum atomic E-state index is -0.195. The molecule has 8 heteroatoms. The summed E-state index contributed by atoms with van der Waals surface area (Å²) in [6, 6.07) is 7.33. The number of aryl methyl sites for hydroxylation is 3. The molecule has 0 saturated heterocycles. The van der Waals surface area contributed by atoms with Crippen molar-refractivity contribution in [1.29, 1.82) is 0 Å². The molecule has 1 amide bonds. The van der Waals surface area contributed by atoms with Crippen LogP contribution in [0, 0.1) is 13.8 Å². The third-order valence-corrected chi connectivity index (χ3v) is 5.31. The number of fused-ring (bicyclic) bond motifs is 1. The number of hydrogen-bond acceptors (Lipinski definition) is 6. The van der Waals surface area contributed by atoms with Crippen molar-refractivity contribution in [2.75, 3.05) is 23.8 Å². The van der Waals surface area contributed by atoms with Crippen LogP contribution in [-0.4, -0.2) is 34.1 Å². The predicted molar refractivity (Wildman–Crippen MR) is 109 cm³/mol. The zero-order valence-corrected chi connectivity index (χ0v) is 16.8. The van der Waals surface area contributed by atoms with Crippen LogP contribution >= 0.6 is 11.3 Å². The summed E-state index contributed by atoms with van der Waals surface area (Å²) in [6.45, 7) is 6.21. The van der Waals surface area contributed by atoms with E-state index in [1.54, 1.807) is 11.9 Å². The molecule has 27 heavy (non-hydrogen) atoms. The average molecular weight is 385 g/mol. The van der Waals surface area contributed by atoms with E-state index in [1.165, 1.54) is 27.5 Å². The van der Waals surface area contributed by atoms with E-state index < -0.39 is 0 Å². The maximum Gasteiger partial charge on any atom is 0.275 e. The number of aromatic nitrogens is 3. The molecule has 2 heterocycles. The fourth-order valence-corrected chi connectivity index (χ4v) is 3.57. The van der Waals surface area contributed by atoms with Crippen molar-refractivity contribution >= 4 is 33.0 Å². The lowest BCUT2D eigenvalue weighted by molar-refractivity contribution is -0.114. The molecule has 0 radical (unpaired) electrons. The largest absolute Gasteiger partial charge is 0.340 e. The molecule has 3 rings (SSSR count). The maximum atomic E-state index is 12.4. The Morgan fingerprint density at radius 1 is 1.26 bits per heavy atom. The van der Waals surface area contributed by atoms with E-state index in [-0.39, 0.29) is 18.0 Å². The molecule has 3 aromatic rings. The second-order valence-corrected chi connectivity index (χ2v) is 7.55. The number of nitrogens with one attached hydrogen (secondary N) is 1. The van der Waals surface area contributed by atoms with Crippen molar-refractivity contribution in [2.45, 2.75) is 33.6 Å². The van der Waals surface area contributed by atoms with Crippen molar-refractivity contribution in [1.82, 2.24) is 14.6 Å². The zero-order chi connectivity index (χ0) is 19.6. The summed E-state index contributed by atoms with van der Waals surface area (Å²) >= 11 is 1.30. The van der Waals surface area contributed by atoms with Crippen LogP contribution < -0.4 is 15.8 Å². The first-order chi connectivity index (χ1) is 12.9. The standard InChI is InChI=1S/C19H23N5O2S/c1-5-6-14-10-17(26)24-18(21-14)27-19(22-24)23(4)11-16(25)20-15-8-7-12(2)13(3)9-15/h7-10H,5-6,11H2,1-4H3,(H,20,25). The number of carbonyl (C=O) groups is 1. The Kier molecular flexibility index (Phi) is 5.55. The second-order valence-electron chi connectivity index (χ2n) is 6.62. The van der Waals surface area contributed by atoms with Gasteiger partial charge in [0.15, 0.2) is 0 Å². The van der Waals surface area contributed by atoms with Crippen LogP contribution in [0.2, 0.25) is 0 Å². The minimum absolute atomic E-state index is 0.128. The molecular formula is C19H23N5O2S. The quantitative estimate of drug-likeness (QED) is 0.706. The summed E-state index contributed by atoms with van der Waals surface area (Å²) in [7, 11) is 1.77. The Morgan fingerprint density at radius 2 is 2.04 bits per heavy atom. The molecule has 142 valence electrons. The number of nitrogens with zero attached hydrogens (tertiary/aromatic N) is 4. The Balaban J connectivity index is 1.74. The number of rotatable bonds is 6. The van der Waals surface area contributed by atoms with Gasteiger partial charge in [-0.25, -0.2) is 4.98 Å². The SMILES string of the molecule is CCCc1cc(=O)n2nc(N(C)CC(=O)Nc3ccc(C)c(C)c3)sc2n1. The Hall–Kier alpha value is -2.74. The van der Waals surface area contributed by atoms with Gasteiger partial charge < -0.3 is 10.2 Å². The highest BCUT2D eigenvalue weighted by Crippen LogP contribution is 2.20. The molecule has 0 unspecified atom stereocenters. The van der Waals surface area contributed by atoms with Crippen LogP contribution in [0.25, 0.3) is 4.96 Å². The van der Waals surface area contributed by atoms with Crippen molar-refractivity contribution < 1.29 is 4.79 Å². The summed E-state index contributed by atoms with van der Waals surface area (Å²) in [5.74, 6) is -0.146. The Morgan fingerprint density at radius 3 is 2.74 bits per heavy atom. The number of amides is 1. The van der Waals surface area contributed by atoms with Gasteiger partial charge in [0.25, 0.3) is 5.56 Å². The molecule has 0 aliphatic carbocycles. The van der Waals surface area contributed by atoms with E-state index in [0.717, 1.165) is 29.8 Å². The van der Waals surface area contributed by atoms with E-state index in [2.05, 4.69) is 15.4 Å². The number of carbonyl (C=O) groups excluding carboxylic acids is 1. The Bertz CT molecular complexity index is 1040. The van der Waals surface area contributed by atoms with Gasteiger partial charge in [0.05, 0.1) is 6.54 Å². The molecule has 1 N–H and O–H groups in total. The van der Waals surface area contributed by atoms with Crippen LogP contribution in [0.3, 0.4) is 0 Å². The normalized spacial score (nSPS) is 11.0. The van der Waals surface area contributed by atoms with Crippen molar-refractivity contribution in [3.8, 4) is 0 Å². The summed E-state index contributed by atoms with van der Waals surface area (Å²) in [5, 5.41) is 7.77. The first-order valence-electron chi connectivity index (χ1n) is 8.85. The van der Waals surface area contributed by atoms with Crippen LogP contribution in [0.4, 0.5) is 10.8 Å². The molecule has 0 bridgehead atoms. The molecule has 0 saturated carbocycles. The molecule has 7 nitrogen and oxygen atoms in total. The maximum absolute atomic E-state index is 12.4. The van der Waals surface area contributed by atoms with Crippen LogP contribution in [0.5, 0.6) is 0 Å². The number of anilines is 2. The highest BCUT2D eigenvalue weighted by molar-refractivity contribution is 7.20. The lowest BCUT2D eigenvalue weighted by Crippen LogP contribution is -2.30. The molecule has 0 atom stereocenters. The van der Waals surface area contributed by atoms with Gasteiger partial charge in [-0.15, -0.1) is 5.10 Å². The summed E-state index contributed by atoms with van der Waals surface area (Å²) in [4.78, 5) is 31.3. The first-order valence-corrected chi connectivity index (χ1v) is 9.67. The topological polar surface area (TPSA) is 79.6 Å². The molecule has 0 fully saturated rings. The summed E-state index contributed by atoms with van der Waals surface area (Å²) < 4.78 is 1.29. The second kappa shape index (κ2) is 7.87. The van der Waals surface area contributed by atoms with E-state index >= 15 is 0 Å².